The van der Waals surface area contributed by atoms with Crippen LogP contribution in [0, 0.1) is 22.7 Å². The lowest BCUT2D eigenvalue weighted by atomic mass is 9.46. The first-order valence-electron chi connectivity index (χ1n) is 14.1. The van der Waals surface area contributed by atoms with Crippen molar-refractivity contribution in [3.63, 3.8) is 0 Å². The topological polar surface area (TPSA) is 113 Å². The molecule has 6 atom stereocenters. The van der Waals surface area contributed by atoms with E-state index in [0.717, 1.165) is 25.9 Å². The van der Waals surface area contributed by atoms with Crippen molar-refractivity contribution in [2.75, 3.05) is 19.6 Å². The molecule has 0 radical (unpaired) electrons. The minimum absolute atomic E-state index is 0.0120. The average molecular weight is 534 g/mol. The van der Waals surface area contributed by atoms with Gasteiger partial charge < -0.3 is 24.6 Å². The van der Waals surface area contributed by atoms with Gasteiger partial charge in [0.05, 0.1) is 17.9 Å². The number of likely N-dealkylation sites (tertiary alicyclic amines) is 1. The number of fused-ring (bicyclic) bond motifs is 1. The quantitative estimate of drug-likeness (QED) is 0.338. The van der Waals surface area contributed by atoms with Crippen molar-refractivity contribution in [3.05, 3.63) is 24.0 Å². The molecule has 0 aromatic heterocycles. The minimum Gasteiger partial charge on any atom is -0.454 e. The summed E-state index contributed by atoms with van der Waals surface area (Å²) in [4.78, 5) is 41.6. The van der Waals surface area contributed by atoms with Crippen LogP contribution in [0.4, 0.5) is 0 Å². The summed E-state index contributed by atoms with van der Waals surface area (Å²) in [5.74, 6) is -2.56. The maximum Gasteiger partial charge on any atom is 0.312 e. The van der Waals surface area contributed by atoms with E-state index < -0.39 is 52.3 Å². The lowest BCUT2D eigenvalue weighted by Crippen LogP contribution is -2.70. The van der Waals surface area contributed by atoms with Gasteiger partial charge in [-0.05, 0) is 62.6 Å². The fourth-order valence-corrected chi connectivity index (χ4v) is 7.00. The molecule has 1 heterocycles. The molecular formula is C30H47NO7. The van der Waals surface area contributed by atoms with Crippen LogP contribution in [0.1, 0.15) is 86.5 Å². The zero-order chi connectivity index (χ0) is 28.5. The van der Waals surface area contributed by atoms with Gasteiger partial charge in [-0.15, -0.1) is 6.58 Å². The van der Waals surface area contributed by atoms with Crippen LogP contribution in [-0.2, 0) is 23.9 Å². The molecule has 0 bridgehead atoms. The second-order valence-corrected chi connectivity index (χ2v) is 12.4. The molecular weight excluding hydrogens is 486 g/mol. The number of nitrogens with zero attached hydrogens (tertiary/aromatic N) is 1. The molecule has 2 fully saturated rings. The molecule has 0 aromatic rings. The summed E-state index contributed by atoms with van der Waals surface area (Å²) in [5.41, 5.74) is -3.69. The highest BCUT2D eigenvalue weighted by molar-refractivity contribution is 5.90. The Morgan fingerprint density at radius 2 is 1.82 bits per heavy atom. The van der Waals surface area contributed by atoms with Crippen molar-refractivity contribution in [1.82, 2.24) is 4.90 Å². The molecule has 38 heavy (non-hydrogen) atoms. The van der Waals surface area contributed by atoms with Crippen LogP contribution >= 0.6 is 0 Å². The number of esters is 2. The van der Waals surface area contributed by atoms with Gasteiger partial charge in [-0.25, -0.2) is 0 Å². The normalized spacial score (nSPS) is 34.2. The van der Waals surface area contributed by atoms with E-state index in [1.54, 1.807) is 19.9 Å². The highest BCUT2D eigenvalue weighted by Crippen LogP contribution is 2.63. The number of aliphatic hydroxyl groups excluding tert-OH is 1. The van der Waals surface area contributed by atoms with Crippen LogP contribution in [0.25, 0.3) is 0 Å². The van der Waals surface area contributed by atoms with Crippen molar-refractivity contribution in [3.8, 4) is 0 Å². The van der Waals surface area contributed by atoms with Gasteiger partial charge in [0, 0.05) is 25.8 Å². The fourth-order valence-electron chi connectivity index (χ4n) is 7.00. The van der Waals surface area contributed by atoms with Gasteiger partial charge in [0.1, 0.15) is 11.4 Å². The lowest BCUT2D eigenvalue weighted by Gasteiger charge is -2.61. The van der Waals surface area contributed by atoms with Crippen molar-refractivity contribution in [1.29, 1.82) is 0 Å². The summed E-state index contributed by atoms with van der Waals surface area (Å²) < 4.78 is 11.8. The van der Waals surface area contributed by atoms with Crippen LogP contribution in [-0.4, -0.2) is 70.3 Å². The zero-order valence-electron chi connectivity index (χ0n) is 24.0. The molecule has 0 unspecified atom stereocenters. The van der Waals surface area contributed by atoms with Gasteiger partial charge in [0.15, 0.2) is 11.9 Å². The number of allylic oxidation sites excluding steroid dienone is 1. The average Bonchev–Trinajstić information content (AvgIpc) is 2.86. The number of carbonyl (C=O) groups is 3. The predicted molar refractivity (Wildman–Crippen MR) is 144 cm³/mol. The van der Waals surface area contributed by atoms with Gasteiger partial charge >= 0.3 is 11.9 Å². The van der Waals surface area contributed by atoms with Crippen LogP contribution < -0.4 is 0 Å². The molecule has 1 saturated heterocycles. The van der Waals surface area contributed by atoms with Gasteiger partial charge in [-0.1, -0.05) is 40.2 Å². The van der Waals surface area contributed by atoms with Crippen molar-refractivity contribution >= 4 is 17.7 Å². The third-order valence-electron chi connectivity index (χ3n) is 9.25. The largest absolute Gasteiger partial charge is 0.454 e. The molecule has 1 aliphatic heterocycles. The van der Waals surface area contributed by atoms with E-state index in [9.17, 15) is 24.6 Å². The molecule has 3 aliphatic rings. The summed E-state index contributed by atoms with van der Waals surface area (Å²) >= 11 is 0. The molecule has 2 N–H and O–H groups in total. The van der Waals surface area contributed by atoms with Gasteiger partial charge in [-0.3, -0.25) is 14.4 Å². The molecule has 1 saturated carbocycles. The molecule has 8 heteroatoms. The fraction of sp³-hybridized carbons (Fsp3) is 0.767. The van der Waals surface area contributed by atoms with E-state index in [4.69, 9.17) is 9.47 Å². The minimum atomic E-state index is -2.07. The maximum atomic E-state index is 13.9. The predicted octanol–water partition coefficient (Wildman–Crippen LogP) is 3.94. The molecule has 8 nitrogen and oxygen atoms in total. The molecule has 2 aliphatic carbocycles. The summed E-state index contributed by atoms with van der Waals surface area (Å²) in [6.45, 7) is 16.5. The van der Waals surface area contributed by atoms with E-state index in [1.807, 2.05) is 20.8 Å². The number of rotatable bonds is 9. The number of ketones is 1. The second-order valence-electron chi connectivity index (χ2n) is 12.4. The van der Waals surface area contributed by atoms with Crippen LogP contribution in [0.5, 0.6) is 0 Å². The number of carbonyl (C=O) groups excluding carboxylic acids is 3. The first kappa shape index (κ1) is 30.5. The maximum absolute atomic E-state index is 13.9. The summed E-state index contributed by atoms with van der Waals surface area (Å²) in [7, 11) is 0. The Labute approximate surface area is 227 Å². The molecule has 0 amide bonds. The Balaban J connectivity index is 2.12. The Morgan fingerprint density at radius 1 is 1.18 bits per heavy atom. The van der Waals surface area contributed by atoms with E-state index >= 15 is 0 Å². The number of hydrogen-bond acceptors (Lipinski definition) is 8. The van der Waals surface area contributed by atoms with Crippen molar-refractivity contribution in [2.45, 2.75) is 104 Å². The van der Waals surface area contributed by atoms with Crippen LogP contribution in [0.15, 0.2) is 24.0 Å². The monoisotopic (exact) mass is 533 g/mol. The third kappa shape index (κ3) is 5.50. The Hall–Kier alpha value is -2.03. The highest BCUT2D eigenvalue weighted by atomic mass is 16.6. The number of ether oxygens (including phenoxy) is 2. The molecule has 0 spiro atoms. The Bertz CT molecular complexity index is 966. The number of piperidine rings is 1. The summed E-state index contributed by atoms with van der Waals surface area (Å²) in [6, 6.07) is 0. The highest BCUT2D eigenvalue weighted by Gasteiger charge is 2.70. The third-order valence-corrected chi connectivity index (χ3v) is 9.25. The number of aliphatic hydroxyl groups is 2. The Kier molecular flexibility index (Phi) is 9.32. The SMILES string of the molecule is C=C[C@@H](C)CC(=O)[C@@]1(O)[C@@H](C)[C@@H](OC(C)=O)C(OC(=O)CCN2CCCCC2)=C2C(C)(C)CC[C@H](O)[C@@]21C. The molecule has 0 aromatic carbocycles. The first-order valence-corrected chi connectivity index (χ1v) is 14.1. The van der Waals surface area contributed by atoms with E-state index in [-0.39, 0.29) is 24.5 Å². The number of hydrogen-bond donors (Lipinski definition) is 2. The van der Waals surface area contributed by atoms with E-state index in [2.05, 4.69) is 11.5 Å². The summed E-state index contributed by atoms with van der Waals surface area (Å²) in [5, 5.41) is 23.9. The van der Waals surface area contributed by atoms with Crippen molar-refractivity contribution < 1.29 is 34.1 Å². The molecule has 214 valence electrons. The van der Waals surface area contributed by atoms with Gasteiger partial charge in [-0.2, -0.15) is 0 Å². The smallest absolute Gasteiger partial charge is 0.312 e. The van der Waals surface area contributed by atoms with E-state index in [0.29, 0.717) is 25.0 Å². The zero-order valence-corrected chi connectivity index (χ0v) is 24.0. The van der Waals surface area contributed by atoms with Crippen LogP contribution in [0.3, 0.4) is 0 Å². The standard InChI is InChI=1S/C30H47NO7/c1-8-19(2)18-23(34)30(36)20(3)25(37-21(4)32)26(27-28(5,6)14-12-22(33)29(27,30)7)38-24(35)13-17-31-15-10-9-11-16-31/h8,19-20,22,25,33,36H,1,9-18H2,2-7H3/t19-,20+,22+,25-,29+,30+/m1/s1. The Morgan fingerprint density at radius 3 is 2.39 bits per heavy atom. The number of Topliss-reactive ketones (excluding diaryl/α,β-unsaturated/α-hetero) is 1. The van der Waals surface area contributed by atoms with Crippen molar-refractivity contribution in [2.24, 2.45) is 22.7 Å². The summed E-state index contributed by atoms with van der Waals surface area (Å²) in [6.07, 6.45) is 3.92. The second kappa shape index (κ2) is 11.6. The first-order chi connectivity index (χ1) is 17.7. The van der Waals surface area contributed by atoms with E-state index in [1.165, 1.54) is 13.3 Å². The van der Waals surface area contributed by atoms with Gasteiger partial charge in [0.2, 0.25) is 0 Å². The van der Waals surface area contributed by atoms with Gasteiger partial charge in [0.25, 0.3) is 0 Å². The lowest BCUT2D eigenvalue weighted by molar-refractivity contribution is -0.209. The molecule has 3 rings (SSSR count). The van der Waals surface area contributed by atoms with Crippen LogP contribution in [0.2, 0.25) is 0 Å².